The van der Waals surface area contributed by atoms with Gasteiger partial charge in [0.25, 0.3) is 0 Å². The molecular weight excluding hydrogens is 262 g/mol. The fourth-order valence-electron chi connectivity index (χ4n) is 2.53. The summed E-state index contributed by atoms with van der Waals surface area (Å²) in [6, 6.07) is 6.23. The van der Waals surface area contributed by atoms with Crippen LogP contribution in [-0.2, 0) is 0 Å². The summed E-state index contributed by atoms with van der Waals surface area (Å²) in [6.07, 6.45) is 4.58. The molecule has 1 atom stereocenters. The molecule has 0 aromatic carbocycles. The minimum absolute atomic E-state index is 0.240. The summed E-state index contributed by atoms with van der Waals surface area (Å²) in [4.78, 5) is 15.8. The van der Waals surface area contributed by atoms with Crippen molar-refractivity contribution < 1.29 is 0 Å². The van der Waals surface area contributed by atoms with Crippen LogP contribution in [0.3, 0.4) is 0 Å². The zero-order valence-electron chi connectivity index (χ0n) is 12.5. The van der Waals surface area contributed by atoms with Crippen molar-refractivity contribution in [2.45, 2.75) is 32.2 Å². The van der Waals surface area contributed by atoms with Crippen LogP contribution < -0.4 is 10.6 Å². The van der Waals surface area contributed by atoms with Crippen LogP contribution in [-0.4, -0.2) is 34.1 Å². The second kappa shape index (κ2) is 5.77. The molecule has 2 aromatic rings. The van der Waals surface area contributed by atoms with E-state index in [-0.39, 0.29) is 6.04 Å². The van der Waals surface area contributed by atoms with Crippen LogP contribution >= 0.6 is 0 Å². The van der Waals surface area contributed by atoms with Crippen molar-refractivity contribution >= 4 is 5.82 Å². The monoisotopic (exact) mass is 283 g/mol. The summed E-state index contributed by atoms with van der Waals surface area (Å²) in [5, 5.41) is 0. The van der Waals surface area contributed by atoms with Crippen LogP contribution in [0.4, 0.5) is 5.82 Å². The first-order chi connectivity index (χ1) is 10.1. The summed E-state index contributed by atoms with van der Waals surface area (Å²) in [7, 11) is 0. The van der Waals surface area contributed by atoms with Gasteiger partial charge in [0.05, 0.1) is 0 Å². The minimum atomic E-state index is 0.240. The number of nitrogens with two attached hydrogens (primary N) is 1. The first-order valence-corrected chi connectivity index (χ1v) is 7.43. The van der Waals surface area contributed by atoms with Gasteiger partial charge in [-0.05, 0) is 24.5 Å². The summed E-state index contributed by atoms with van der Waals surface area (Å²) in [5.41, 5.74) is 8.02. The Bertz CT molecular complexity index is 611. The van der Waals surface area contributed by atoms with Crippen LogP contribution in [0.1, 0.15) is 31.9 Å². The number of nitrogens with zero attached hydrogens (tertiary/aromatic N) is 4. The van der Waals surface area contributed by atoms with E-state index in [4.69, 9.17) is 10.7 Å². The predicted molar refractivity (Wildman–Crippen MR) is 84.2 cm³/mol. The Hall–Kier alpha value is -2.01. The van der Waals surface area contributed by atoms with E-state index in [1.54, 1.807) is 12.4 Å². The second-order valence-corrected chi connectivity index (χ2v) is 5.87. The molecule has 3 heterocycles. The Morgan fingerprint density at radius 1 is 1.33 bits per heavy atom. The van der Waals surface area contributed by atoms with Gasteiger partial charge in [0.2, 0.25) is 0 Å². The lowest BCUT2D eigenvalue weighted by atomic mass is 10.1. The molecule has 1 aliphatic rings. The molecule has 1 aliphatic heterocycles. The molecule has 0 bridgehead atoms. The molecule has 2 aromatic heterocycles. The van der Waals surface area contributed by atoms with Gasteiger partial charge in [-0.3, -0.25) is 4.98 Å². The number of hydrogen-bond donors (Lipinski definition) is 1. The summed E-state index contributed by atoms with van der Waals surface area (Å²) in [5.74, 6) is 2.07. The lowest BCUT2D eigenvalue weighted by molar-refractivity contribution is 0.750. The molecule has 5 heteroatoms. The third-order valence-corrected chi connectivity index (χ3v) is 3.79. The molecule has 110 valence electrons. The Balaban J connectivity index is 2.02. The van der Waals surface area contributed by atoms with Crippen LogP contribution in [0.25, 0.3) is 11.4 Å². The predicted octanol–water partition coefficient (Wildman–Crippen LogP) is 2.20. The smallest absolute Gasteiger partial charge is 0.163 e. The Morgan fingerprint density at radius 2 is 2.19 bits per heavy atom. The molecule has 0 aliphatic carbocycles. The molecule has 0 amide bonds. The highest BCUT2D eigenvalue weighted by molar-refractivity contribution is 5.57. The largest absolute Gasteiger partial charge is 0.355 e. The second-order valence-electron chi connectivity index (χ2n) is 5.87. The highest BCUT2D eigenvalue weighted by Crippen LogP contribution is 2.25. The summed E-state index contributed by atoms with van der Waals surface area (Å²) >= 11 is 0. The zero-order valence-corrected chi connectivity index (χ0v) is 12.5. The first-order valence-electron chi connectivity index (χ1n) is 7.43. The number of aromatic nitrogens is 3. The van der Waals surface area contributed by atoms with Crippen LogP contribution in [0.2, 0.25) is 0 Å². The van der Waals surface area contributed by atoms with Crippen molar-refractivity contribution in [1.29, 1.82) is 0 Å². The summed E-state index contributed by atoms with van der Waals surface area (Å²) < 4.78 is 0. The topological polar surface area (TPSA) is 67.9 Å². The quantitative estimate of drug-likeness (QED) is 0.935. The van der Waals surface area contributed by atoms with E-state index in [1.807, 2.05) is 12.1 Å². The number of hydrogen-bond acceptors (Lipinski definition) is 5. The lowest BCUT2D eigenvalue weighted by Gasteiger charge is -2.19. The van der Waals surface area contributed by atoms with Crippen molar-refractivity contribution in [2.24, 2.45) is 5.73 Å². The van der Waals surface area contributed by atoms with Crippen molar-refractivity contribution in [3.63, 3.8) is 0 Å². The molecule has 2 N–H and O–H groups in total. The van der Waals surface area contributed by atoms with E-state index in [0.717, 1.165) is 42.4 Å². The van der Waals surface area contributed by atoms with Gasteiger partial charge >= 0.3 is 0 Å². The molecule has 5 nitrogen and oxygen atoms in total. The molecule has 1 fully saturated rings. The molecule has 0 radical (unpaired) electrons. The standard InChI is InChI=1S/C16H21N5/c1-11(2)14-8-15(21-7-5-13(17)10-21)20-16(19-14)12-4-3-6-18-9-12/h3-4,6,8-9,11,13H,5,7,10,17H2,1-2H3. The highest BCUT2D eigenvalue weighted by atomic mass is 15.2. The number of anilines is 1. The van der Waals surface area contributed by atoms with Gasteiger partial charge in [-0.2, -0.15) is 0 Å². The average Bonchev–Trinajstić information content (AvgIpc) is 2.94. The minimum Gasteiger partial charge on any atom is -0.355 e. The average molecular weight is 283 g/mol. The van der Waals surface area contributed by atoms with Crippen molar-refractivity contribution in [1.82, 2.24) is 15.0 Å². The van der Waals surface area contributed by atoms with Gasteiger partial charge in [0.1, 0.15) is 5.82 Å². The molecule has 3 rings (SSSR count). The van der Waals surface area contributed by atoms with Gasteiger partial charge in [-0.1, -0.05) is 13.8 Å². The molecular formula is C16H21N5. The normalized spacial score (nSPS) is 18.5. The maximum atomic E-state index is 6.01. The molecule has 1 unspecified atom stereocenters. The number of pyridine rings is 1. The van der Waals surface area contributed by atoms with E-state index in [1.165, 1.54) is 0 Å². The fraction of sp³-hybridized carbons (Fsp3) is 0.438. The molecule has 0 spiro atoms. The van der Waals surface area contributed by atoms with Gasteiger partial charge in [-0.25, -0.2) is 9.97 Å². The van der Waals surface area contributed by atoms with E-state index in [0.29, 0.717) is 5.92 Å². The van der Waals surface area contributed by atoms with E-state index < -0.39 is 0 Å². The van der Waals surface area contributed by atoms with Crippen LogP contribution in [0.15, 0.2) is 30.6 Å². The van der Waals surface area contributed by atoms with Gasteiger partial charge in [0, 0.05) is 48.8 Å². The van der Waals surface area contributed by atoms with Crippen molar-refractivity contribution in [3.05, 3.63) is 36.3 Å². The maximum Gasteiger partial charge on any atom is 0.163 e. The van der Waals surface area contributed by atoms with Crippen molar-refractivity contribution in [2.75, 3.05) is 18.0 Å². The highest BCUT2D eigenvalue weighted by Gasteiger charge is 2.22. The number of rotatable bonds is 3. The van der Waals surface area contributed by atoms with E-state index in [9.17, 15) is 0 Å². The van der Waals surface area contributed by atoms with Crippen molar-refractivity contribution in [3.8, 4) is 11.4 Å². The van der Waals surface area contributed by atoms with Gasteiger partial charge < -0.3 is 10.6 Å². The SMILES string of the molecule is CC(C)c1cc(N2CCC(N)C2)nc(-c2cccnc2)n1. The van der Waals surface area contributed by atoms with Crippen LogP contribution in [0.5, 0.6) is 0 Å². The Morgan fingerprint density at radius 3 is 2.81 bits per heavy atom. The molecule has 1 saturated heterocycles. The third-order valence-electron chi connectivity index (χ3n) is 3.79. The summed E-state index contributed by atoms with van der Waals surface area (Å²) in [6.45, 7) is 6.12. The van der Waals surface area contributed by atoms with E-state index >= 15 is 0 Å². The Kier molecular flexibility index (Phi) is 3.84. The zero-order chi connectivity index (χ0) is 14.8. The Labute approximate surface area is 125 Å². The van der Waals surface area contributed by atoms with Gasteiger partial charge in [-0.15, -0.1) is 0 Å². The molecule has 0 saturated carbocycles. The first kappa shape index (κ1) is 13.9. The third kappa shape index (κ3) is 3.03. The van der Waals surface area contributed by atoms with E-state index in [2.05, 4.69) is 34.8 Å². The van der Waals surface area contributed by atoms with Crippen LogP contribution in [0, 0.1) is 0 Å². The maximum absolute atomic E-state index is 6.01. The lowest BCUT2D eigenvalue weighted by Crippen LogP contribution is -2.27. The molecule has 21 heavy (non-hydrogen) atoms. The fourth-order valence-corrected chi connectivity index (χ4v) is 2.53. The van der Waals surface area contributed by atoms with Gasteiger partial charge in [0.15, 0.2) is 5.82 Å².